The highest BCUT2D eigenvalue weighted by Crippen LogP contribution is 2.30. The molecule has 0 saturated heterocycles. The molecular weight excluding hydrogens is 246 g/mol. The second-order valence-corrected chi connectivity index (χ2v) is 5.41. The second kappa shape index (κ2) is 6.81. The van der Waals surface area contributed by atoms with Crippen molar-refractivity contribution < 1.29 is 9.90 Å². The van der Waals surface area contributed by atoms with Crippen LogP contribution in [0.25, 0.3) is 0 Å². The van der Waals surface area contributed by atoms with Gasteiger partial charge in [-0.25, -0.2) is 0 Å². The third kappa shape index (κ3) is 3.50. The van der Waals surface area contributed by atoms with Crippen LogP contribution in [-0.2, 0) is 4.79 Å². The van der Waals surface area contributed by atoms with Crippen molar-refractivity contribution in [2.75, 3.05) is 20.4 Å². The number of carboxylic acid groups (broad SMARTS) is 1. The van der Waals surface area contributed by atoms with Crippen LogP contribution in [0.5, 0.6) is 0 Å². The molecular formula is C14H21NO2S. The topological polar surface area (TPSA) is 40.5 Å². The highest BCUT2D eigenvalue weighted by atomic mass is 32.2. The maximum Gasteiger partial charge on any atom is 0.308 e. The molecule has 3 nitrogen and oxygen atoms in total. The van der Waals surface area contributed by atoms with Crippen molar-refractivity contribution in [1.29, 1.82) is 0 Å². The highest BCUT2D eigenvalue weighted by molar-refractivity contribution is 7.98. The first kappa shape index (κ1) is 15.1. The molecule has 0 aliphatic heterocycles. The third-order valence-electron chi connectivity index (χ3n) is 3.15. The Morgan fingerprint density at radius 1 is 1.33 bits per heavy atom. The van der Waals surface area contributed by atoms with Crippen molar-refractivity contribution in [3.05, 3.63) is 29.8 Å². The number of benzene rings is 1. The van der Waals surface area contributed by atoms with Gasteiger partial charge in [-0.2, -0.15) is 0 Å². The Hall–Kier alpha value is -1.00. The van der Waals surface area contributed by atoms with Gasteiger partial charge in [0.25, 0.3) is 0 Å². The minimum atomic E-state index is -0.731. The zero-order valence-electron chi connectivity index (χ0n) is 11.4. The summed E-state index contributed by atoms with van der Waals surface area (Å²) in [6.45, 7) is 1.92. The third-order valence-corrected chi connectivity index (χ3v) is 3.90. The van der Waals surface area contributed by atoms with Gasteiger partial charge in [-0.05, 0) is 44.5 Å². The Bertz CT molecular complexity index is 389. The summed E-state index contributed by atoms with van der Waals surface area (Å²) in [5.74, 6) is -1.11. The van der Waals surface area contributed by atoms with Crippen LogP contribution in [0.1, 0.15) is 24.9 Å². The first-order valence-corrected chi connectivity index (χ1v) is 7.26. The molecule has 0 amide bonds. The Morgan fingerprint density at radius 2 is 1.89 bits per heavy atom. The Kier molecular flexibility index (Phi) is 5.69. The molecule has 4 heteroatoms. The molecule has 1 N–H and O–H groups in total. The molecule has 1 aromatic rings. The van der Waals surface area contributed by atoms with Gasteiger partial charge >= 0.3 is 5.97 Å². The summed E-state index contributed by atoms with van der Waals surface area (Å²) >= 11 is 1.69. The van der Waals surface area contributed by atoms with Crippen molar-refractivity contribution in [3.8, 4) is 0 Å². The Labute approximate surface area is 113 Å². The van der Waals surface area contributed by atoms with Crippen LogP contribution in [0.3, 0.4) is 0 Å². The first-order valence-electron chi connectivity index (χ1n) is 6.04. The van der Waals surface area contributed by atoms with Crippen molar-refractivity contribution in [1.82, 2.24) is 4.90 Å². The average Bonchev–Trinajstić information content (AvgIpc) is 2.35. The van der Waals surface area contributed by atoms with Gasteiger partial charge in [0.1, 0.15) is 0 Å². The molecule has 2 unspecified atom stereocenters. The number of hydrogen-bond donors (Lipinski definition) is 1. The number of aliphatic carboxylic acids is 1. The molecule has 0 heterocycles. The largest absolute Gasteiger partial charge is 0.481 e. The number of carbonyl (C=O) groups is 1. The van der Waals surface area contributed by atoms with Gasteiger partial charge in [-0.15, -0.1) is 11.8 Å². The van der Waals surface area contributed by atoms with E-state index in [2.05, 4.69) is 0 Å². The number of nitrogens with zero attached hydrogens (tertiary/aromatic N) is 1. The van der Waals surface area contributed by atoms with Crippen molar-refractivity contribution in [2.45, 2.75) is 24.3 Å². The molecule has 1 aromatic carbocycles. The molecule has 18 heavy (non-hydrogen) atoms. The molecule has 0 aromatic heterocycles. The number of thioether (sulfide) groups is 1. The molecule has 0 radical (unpaired) electrons. The van der Waals surface area contributed by atoms with Gasteiger partial charge in [0.05, 0.1) is 5.92 Å². The van der Waals surface area contributed by atoms with E-state index in [1.54, 1.807) is 11.8 Å². The van der Waals surface area contributed by atoms with E-state index in [1.165, 1.54) is 4.90 Å². The predicted octanol–water partition coefficient (Wildman–Crippen LogP) is 3.12. The number of carboxylic acids is 1. The van der Waals surface area contributed by atoms with Crippen LogP contribution in [0.4, 0.5) is 0 Å². The SMILES string of the molecule is CCC(C(=O)O)C(c1ccc(SC)cc1)N(C)C. The molecule has 0 saturated carbocycles. The van der Waals surface area contributed by atoms with E-state index in [0.717, 1.165) is 5.56 Å². The predicted molar refractivity (Wildman–Crippen MR) is 76.1 cm³/mol. The second-order valence-electron chi connectivity index (χ2n) is 4.53. The quantitative estimate of drug-likeness (QED) is 0.804. The summed E-state index contributed by atoms with van der Waals surface area (Å²) in [5, 5.41) is 9.32. The lowest BCUT2D eigenvalue weighted by atomic mass is 9.90. The zero-order valence-corrected chi connectivity index (χ0v) is 12.2. The van der Waals surface area contributed by atoms with Gasteiger partial charge in [0, 0.05) is 10.9 Å². The first-order chi connectivity index (χ1) is 8.51. The fourth-order valence-corrected chi connectivity index (χ4v) is 2.63. The molecule has 0 aliphatic rings. The maximum absolute atomic E-state index is 11.3. The van der Waals surface area contributed by atoms with E-state index < -0.39 is 5.97 Å². The summed E-state index contributed by atoms with van der Waals surface area (Å²) in [4.78, 5) is 14.5. The molecule has 1 rings (SSSR count). The van der Waals surface area contributed by atoms with E-state index >= 15 is 0 Å². The lowest BCUT2D eigenvalue weighted by Crippen LogP contribution is -2.32. The van der Waals surface area contributed by atoms with Crippen molar-refractivity contribution in [2.24, 2.45) is 5.92 Å². The molecule has 0 bridgehead atoms. The molecule has 0 spiro atoms. The number of rotatable bonds is 6. The molecule has 0 fully saturated rings. The lowest BCUT2D eigenvalue weighted by molar-refractivity contribution is -0.144. The highest BCUT2D eigenvalue weighted by Gasteiger charge is 2.29. The van der Waals surface area contributed by atoms with Gasteiger partial charge in [0.15, 0.2) is 0 Å². The average molecular weight is 267 g/mol. The Morgan fingerprint density at radius 3 is 2.22 bits per heavy atom. The lowest BCUT2D eigenvalue weighted by Gasteiger charge is -2.29. The normalized spacial score (nSPS) is 14.5. The summed E-state index contributed by atoms with van der Waals surface area (Å²) in [6.07, 6.45) is 2.66. The van der Waals surface area contributed by atoms with E-state index in [0.29, 0.717) is 6.42 Å². The van der Waals surface area contributed by atoms with E-state index in [9.17, 15) is 9.90 Å². The van der Waals surface area contributed by atoms with E-state index in [4.69, 9.17) is 0 Å². The van der Waals surface area contributed by atoms with Crippen LogP contribution in [0.2, 0.25) is 0 Å². The fourth-order valence-electron chi connectivity index (χ4n) is 2.22. The standard InChI is InChI=1S/C14H21NO2S/c1-5-12(14(16)17)13(15(2)3)10-6-8-11(18-4)9-7-10/h6-9,12-13H,5H2,1-4H3,(H,16,17). The molecule has 0 aliphatic carbocycles. The van der Waals surface area contributed by atoms with Gasteiger partial charge < -0.3 is 10.0 Å². The van der Waals surface area contributed by atoms with Crippen LogP contribution >= 0.6 is 11.8 Å². The monoisotopic (exact) mass is 267 g/mol. The number of hydrogen-bond acceptors (Lipinski definition) is 3. The van der Waals surface area contributed by atoms with Crippen LogP contribution in [0, 0.1) is 5.92 Å². The Balaban J connectivity index is 3.06. The van der Waals surface area contributed by atoms with Crippen LogP contribution in [0.15, 0.2) is 29.2 Å². The molecule has 2 atom stereocenters. The fraction of sp³-hybridized carbons (Fsp3) is 0.500. The summed E-state index contributed by atoms with van der Waals surface area (Å²) < 4.78 is 0. The minimum absolute atomic E-state index is 0.0802. The summed E-state index contributed by atoms with van der Waals surface area (Å²) in [7, 11) is 3.86. The zero-order chi connectivity index (χ0) is 13.7. The van der Waals surface area contributed by atoms with Gasteiger partial charge in [-0.1, -0.05) is 19.1 Å². The molecule has 100 valence electrons. The van der Waals surface area contributed by atoms with Gasteiger partial charge in [0.2, 0.25) is 0 Å². The smallest absolute Gasteiger partial charge is 0.308 e. The van der Waals surface area contributed by atoms with E-state index in [-0.39, 0.29) is 12.0 Å². The summed E-state index contributed by atoms with van der Waals surface area (Å²) in [6, 6.07) is 8.07. The van der Waals surface area contributed by atoms with Crippen LogP contribution in [-0.4, -0.2) is 36.3 Å². The van der Waals surface area contributed by atoms with Crippen molar-refractivity contribution >= 4 is 17.7 Å². The van der Waals surface area contributed by atoms with Crippen molar-refractivity contribution in [3.63, 3.8) is 0 Å². The maximum atomic E-state index is 11.3. The van der Waals surface area contributed by atoms with Crippen LogP contribution < -0.4 is 0 Å². The van der Waals surface area contributed by atoms with Gasteiger partial charge in [-0.3, -0.25) is 4.79 Å². The summed E-state index contributed by atoms with van der Waals surface area (Å²) in [5.41, 5.74) is 1.06. The minimum Gasteiger partial charge on any atom is -0.481 e. The van der Waals surface area contributed by atoms with E-state index in [1.807, 2.05) is 56.4 Å².